The van der Waals surface area contributed by atoms with Gasteiger partial charge < -0.3 is 16.2 Å². The summed E-state index contributed by atoms with van der Waals surface area (Å²) in [5.41, 5.74) is 7.01. The van der Waals surface area contributed by atoms with Crippen molar-refractivity contribution in [2.45, 2.75) is 32.4 Å². The van der Waals surface area contributed by atoms with E-state index in [1.165, 1.54) is 0 Å². The summed E-state index contributed by atoms with van der Waals surface area (Å²) in [4.78, 5) is 4.24. The van der Waals surface area contributed by atoms with Crippen molar-refractivity contribution in [3.05, 3.63) is 29.4 Å². The first-order valence-corrected chi connectivity index (χ1v) is 6.51. The fraction of sp³-hybridized carbons (Fsp3) is 0.357. The van der Waals surface area contributed by atoms with Crippen LogP contribution in [0.2, 0.25) is 5.15 Å². The van der Waals surface area contributed by atoms with Gasteiger partial charge in [0.25, 0.3) is 0 Å². The molecule has 1 heterocycles. The normalized spacial score (nSPS) is 13.5. The van der Waals surface area contributed by atoms with Gasteiger partial charge in [-0.05, 0) is 26.8 Å². The van der Waals surface area contributed by atoms with Crippen LogP contribution in [0, 0.1) is 0 Å². The minimum Gasteiger partial charge on any atom is -0.395 e. The highest BCUT2D eigenvalue weighted by Crippen LogP contribution is 2.34. The Hall–Kier alpha value is -1.52. The van der Waals surface area contributed by atoms with Gasteiger partial charge in [0.05, 0.1) is 28.5 Å². The Morgan fingerprint density at radius 3 is 2.63 bits per heavy atom. The number of halogens is 1. The fourth-order valence-corrected chi connectivity index (χ4v) is 1.93. The van der Waals surface area contributed by atoms with Gasteiger partial charge in [-0.1, -0.05) is 29.8 Å². The van der Waals surface area contributed by atoms with Crippen LogP contribution in [-0.2, 0) is 0 Å². The lowest BCUT2D eigenvalue weighted by Crippen LogP contribution is -2.39. The van der Waals surface area contributed by atoms with Gasteiger partial charge in [-0.15, -0.1) is 0 Å². The molecule has 0 saturated carbocycles. The van der Waals surface area contributed by atoms with Crippen LogP contribution >= 0.6 is 11.6 Å². The third-order valence-electron chi connectivity index (χ3n) is 3.30. The molecule has 1 aromatic carbocycles. The topological polar surface area (TPSA) is 71.2 Å². The Bertz CT molecular complexity index is 607. The van der Waals surface area contributed by atoms with Crippen LogP contribution in [0.1, 0.15) is 20.8 Å². The Labute approximate surface area is 117 Å². The zero-order valence-corrected chi connectivity index (χ0v) is 12.0. The Kier molecular flexibility index (Phi) is 3.56. The molecule has 0 radical (unpaired) electrons. The van der Waals surface area contributed by atoms with E-state index in [9.17, 15) is 5.11 Å². The number of nitrogen functional groups attached to an aromatic ring is 1. The average Bonchev–Trinajstić information content (AvgIpc) is 2.33. The van der Waals surface area contributed by atoms with Crippen molar-refractivity contribution in [2.75, 3.05) is 11.1 Å². The van der Waals surface area contributed by atoms with Gasteiger partial charge in [0.15, 0.2) is 5.15 Å². The molecular weight excluding hydrogens is 262 g/mol. The highest BCUT2D eigenvalue weighted by molar-refractivity contribution is 6.33. The molecule has 0 aliphatic rings. The Balaban J connectivity index is 2.55. The van der Waals surface area contributed by atoms with Gasteiger partial charge >= 0.3 is 0 Å². The summed E-state index contributed by atoms with van der Waals surface area (Å²) in [6.07, 6.45) is 0. The third-order valence-corrected chi connectivity index (χ3v) is 3.59. The summed E-state index contributed by atoms with van der Waals surface area (Å²) in [6.45, 7) is 5.38. The van der Waals surface area contributed by atoms with E-state index >= 15 is 0 Å². The molecule has 0 bridgehead atoms. The summed E-state index contributed by atoms with van der Waals surface area (Å²) in [5, 5.41) is 14.4. The molecule has 4 nitrogen and oxygen atoms in total. The van der Waals surface area contributed by atoms with Crippen LogP contribution < -0.4 is 11.1 Å². The summed E-state index contributed by atoms with van der Waals surface area (Å²) >= 11 is 6.05. The number of aromatic nitrogens is 1. The number of para-hydroxylation sites is 1. The maximum absolute atomic E-state index is 10.0. The Morgan fingerprint density at radius 2 is 2.00 bits per heavy atom. The van der Waals surface area contributed by atoms with Crippen LogP contribution in [-0.4, -0.2) is 21.7 Å². The van der Waals surface area contributed by atoms with Gasteiger partial charge in [-0.3, -0.25) is 0 Å². The number of benzene rings is 1. The molecule has 1 atom stereocenters. The van der Waals surface area contributed by atoms with E-state index in [-0.39, 0.29) is 11.2 Å². The van der Waals surface area contributed by atoms with Crippen LogP contribution in [0.4, 0.5) is 11.4 Å². The van der Waals surface area contributed by atoms with Crippen LogP contribution in [0.5, 0.6) is 0 Å². The second-order valence-corrected chi connectivity index (χ2v) is 5.59. The molecule has 0 amide bonds. The zero-order valence-electron chi connectivity index (χ0n) is 11.2. The van der Waals surface area contributed by atoms with E-state index in [0.717, 1.165) is 10.9 Å². The number of fused-ring (bicyclic) bond motifs is 1. The van der Waals surface area contributed by atoms with E-state index in [2.05, 4.69) is 10.3 Å². The van der Waals surface area contributed by atoms with Crippen LogP contribution in [0.3, 0.4) is 0 Å². The highest BCUT2D eigenvalue weighted by atomic mass is 35.5. The molecule has 5 heteroatoms. The molecule has 2 aromatic rings. The van der Waals surface area contributed by atoms with E-state index < -0.39 is 5.60 Å². The molecule has 1 aromatic heterocycles. The van der Waals surface area contributed by atoms with Gasteiger partial charge in [0.1, 0.15) is 0 Å². The molecule has 0 aliphatic carbocycles. The zero-order chi connectivity index (χ0) is 14.2. The second-order valence-electron chi connectivity index (χ2n) is 5.23. The van der Waals surface area contributed by atoms with Crippen molar-refractivity contribution in [3.8, 4) is 0 Å². The molecule has 19 heavy (non-hydrogen) atoms. The molecule has 1 unspecified atom stereocenters. The number of nitrogens with one attached hydrogen (secondary N) is 1. The van der Waals surface area contributed by atoms with Crippen molar-refractivity contribution in [1.29, 1.82) is 0 Å². The van der Waals surface area contributed by atoms with Gasteiger partial charge in [0.2, 0.25) is 0 Å². The summed E-state index contributed by atoms with van der Waals surface area (Å²) in [6, 6.07) is 7.42. The standard InChI is InChI=1S/C14H18ClN3O/c1-8(14(2,3)19)17-12-9-6-4-5-7-10(9)18-13(15)11(12)16/h4-8,19H,16H2,1-3H3,(H,17,18). The smallest absolute Gasteiger partial charge is 0.154 e. The number of hydrogen-bond donors (Lipinski definition) is 3. The molecule has 0 spiro atoms. The monoisotopic (exact) mass is 279 g/mol. The van der Waals surface area contributed by atoms with Gasteiger partial charge in [0, 0.05) is 5.39 Å². The fourth-order valence-electron chi connectivity index (χ4n) is 1.75. The van der Waals surface area contributed by atoms with Gasteiger partial charge in [-0.2, -0.15) is 0 Å². The number of pyridine rings is 1. The Morgan fingerprint density at radius 1 is 1.37 bits per heavy atom. The summed E-state index contributed by atoms with van der Waals surface area (Å²) in [7, 11) is 0. The predicted octanol–water partition coefficient (Wildman–Crippen LogP) is 3.04. The minimum atomic E-state index is -0.872. The lowest BCUT2D eigenvalue weighted by atomic mass is 10.00. The third kappa shape index (κ3) is 2.74. The van der Waals surface area contributed by atoms with Crippen molar-refractivity contribution in [1.82, 2.24) is 4.98 Å². The number of nitrogens with two attached hydrogens (primary N) is 1. The number of rotatable bonds is 3. The van der Waals surface area contributed by atoms with E-state index in [4.69, 9.17) is 17.3 Å². The van der Waals surface area contributed by atoms with E-state index in [0.29, 0.717) is 11.4 Å². The number of aliphatic hydroxyl groups is 1. The number of anilines is 2. The number of nitrogens with zero attached hydrogens (tertiary/aromatic N) is 1. The van der Waals surface area contributed by atoms with Crippen molar-refractivity contribution < 1.29 is 5.11 Å². The van der Waals surface area contributed by atoms with Crippen LogP contribution in [0.25, 0.3) is 10.9 Å². The predicted molar refractivity (Wildman–Crippen MR) is 80.5 cm³/mol. The molecule has 0 saturated heterocycles. The second kappa shape index (κ2) is 4.87. The SMILES string of the molecule is CC(Nc1c(N)c(Cl)nc2ccccc12)C(C)(C)O. The maximum atomic E-state index is 10.0. The maximum Gasteiger partial charge on any atom is 0.154 e. The average molecular weight is 280 g/mol. The molecule has 102 valence electrons. The molecular formula is C14H18ClN3O. The van der Waals surface area contributed by atoms with Crippen LogP contribution in [0.15, 0.2) is 24.3 Å². The minimum absolute atomic E-state index is 0.184. The lowest BCUT2D eigenvalue weighted by Gasteiger charge is -2.28. The van der Waals surface area contributed by atoms with Crippen molar-refractivity contribution in [2.24, 2.45) is 0 Å². The number of hydrogen-bond acceptors (Lipinski definition) is 4. The van der Waals surface area contributed by atoms with Crippen molar-refractivity contribution >= 4 is 33.9 Å². The first-order chi connectivity index (χ1) is 8.80. The molecule has 0 aliphatic heterocycles. The van der Waals surface area contributed by atoms with E-state index in [1.54, 1.807) is 13.8 Å². The first kappa shape index (κ1) is 13.9. The summed E-state index contributed by atoms with van der Waals surface area (Å²) in [5.74, 6) is 0. The lowest BCUT2D eigenvalue weighted by molar-refractivity contribution is 0.0650. The molecule has 4 N–H and O–H groups in total. The summed E-state index contributed by atoms with van der Waals surface area (Å²) < 4.78 is 0. The molecule has 0 fully saturated rings. The largest absolute Gasteiger partial charge is 0.395 e. The van der Waals surface area contributed by atoms with Gasteiger partial charge in [-0.25, -0.2) is 4.98 Å². The molecule has 2 rings (SSSR count). The quantitative estimate of drug-likeness (QED) is 0.755. The van der Waals surface area contributed by atoms with Crippen molar-refractivity contribution in [3.63, 3.8) is 0 Å². The highest BCUT2D eigenvalue weighted by Gasteiger charge is 2.24. The van der Waals surface area contributed by atoms with E-state index in [1.807, 2.05) is 31.2 Å². The first-order valence-electron chi connectivity index (χ1n) is 6.13.